The van der Waals surface area contributed by atoms with Gasteiger partial charge in [-0.05, 0) is 66.5 Å². The fraction of sp³-hybridized carbons (Fsp3) is 0.250. The minimum Gasteiger partial charge on any atom is -0.497 e. The van der Waals surface area contributed by atoms with Crippen LogP contribution in [0.5, 0.6) is 11.5 Å². The van der Waals surface area contributed by atoms with Gasteiger partial charge in [-0.15, -0.1) is 0 Å². The molecule has 7 nitrogen and oxygen atoms in total. The summed E-state index contributed by atoms with van der Waals surface area (Å²) in [6, 6.07) is 11.2. The largest absolute Gasteiger partial charge is 0.497 e. The quantitative estimate of drug-likeness (QED) is 0.715. The summed E-state index contributed by atoms with van der Waals surface area (Å²) >= 11 is 0. The second-order valence-corrected chi connectivity index (χ2v) is 6.25. The van der Waals surface area contributed by atoms with Gasteiger partial charge in [0.15, 0.2) is 12.3 Å². The lowest BCUT2D eigenvalue weighted by atomic mass is 10.1. The second-order valence-electron chi connectivity index (χ2n) is 6.25. The monoisotopic (exact) mass is 367 g/mol. The Morgan fingerprint density at radius 3 is 2.37 bits per heavy atom. The van der Waals surface area contributed by atoms with E-state index in [2.05, 4.69) is 15.6 Å². The fourth-order valence-electron chi connectivity index (χ4n) is 2.91. The number of hydrogen-bond donors (Lipinski definition) is 1. The van der Waals surface area contributed by atoms with Crippen LogP contribution in [0.2, 0.25) is 0 Å². The molecule has 0 bridgehead atoms. The second kappa shape index (κ2) is 7.90. The molecule has 0 aliphatic carbocycles. The number of rotatable bonds is 6. The van der Waals surface area contributed by atoms with E-state index in [1.165, 1.54) is 0 Å². The zero-order valence-electron chi connectivity index (χ0n) is 15.7. The van der Waals surface area contributed by atoms with E-state index in [4.69, 9.17) is 14.1 Å². The highest BCUT2D eigenvalue weighted by Crippen LogP contribution is 2.27. The van der Waals surface area contributed by atoms with Crippen molar-refractivity contribution in [3.8, 4) is 22.8 Å². The minimum atomic E-state index is -0.347. The number of ether oxygens (including phenoxy) is 2. The van der Waals surface area contributed by atoms with Crippen LogP contribution in [-0.4, -0.2) is 29.9 Å². The van der Waals surface area contributed by atoms with Gasteiger partial charge in [0.05, 0.1) is 7.11 Å². The molecule has 0 atom stereocenters. The predicted molar refractivity (Wildman–Crippen MR) is 101 cm³/mol. The first-order chi connectivity index (χ1) is 13.0. The molecule has 1 N–H and O–H groups in total. The number of anilines is 1. The number of aromatic nitrogens is 2. The molecule has 0 spiro atoms. The van der Waals surface area contributed by atoms with Gasteiger partial charge in [-0.2, -0.15) is 0 Å². The van der Waals surface area contributed by atoms with Gasteiger partial charge in [0.25, 0.3) is 5.91 Å². The standard InChI is InChI=1S/C20H21N3O4/c1-12-9-13(2)19(14(3)10-12)26-11-17(24)21-20-18(22-27-23-20)15-5-7-16(25-4)8-6-15/h5-10H,11H2,1-4H3,(H,21,23,24). The van der Waals surface area contributed by atoms with Gasteiger partial charge in [0, 0.05) is 5.56 Å². The molecule has 0 fully saturated rings. The molecule has 0 unspecified atom stereocenters. The molecule has 1 aromatic heterocycles. The lowest BCUT2D eigenvalue weighted by Gasteiger charge is -2.12. The summed E-state index contributed by atoms with van der Waals surface area (Å²) in [5.74, 6) is 1.33. The van der Waals surface area contributed by atoms with E-state index in [0.717, 1.165) is 28.0 Å². The maximum atomic E-state index is 12.3. The highest BCUT2D eigenvalue weighted by atomic mass is 16.6. The van der Waals surface area contributed by atoms with E-state index in [0.29, 0.717) is 11.4 Å². The number of methoxy groups -OCH3 is 1. The van der Waals surface area contributed by atoms with E-state index in [-0.39, 0.29) is 18.3 Å². The van der Waals surface area contributed by atoms with Crippen molar-refractivity contribution in [3.05, 3.63) is 53.1 Å². The van der Waals surface area contributed by atoms with Crippen molar-refractivity contribution in [3.63, 3.8) is 0 Å². The van der Waals surface area contributed by atoms with Gasteiger partial charge in [0.1, 0.15) is 11.5 Å². The molecule has 0 radical (unpaired) electrons. The van der Waals surface area contributed by atoms with E-state index < -0.39 is 0 Å². The Kier molecular flexibility index (Phi) is 5.40. The van der Waals surface area contributed by atoms with Gasteiger partial charge in [-0.25, -0.2) is 4.63 Å². The molecule has 3 aromatic rings. The molecular weight excluding hydrogens is 346 g/mol. The summed E-state index contributed by atoms with van der Waals surface area (Å²) in [5, 5.41) is 10.3. The van der Waals surface area contributed by atoms with Crippen molar-refractivity contribution in [2.24, 2.45) is 0 Å². The average Bonchev–Trinajstić information content (AvgIpc) is 3.09. The number of nitrogens with one attached hydrogen (secondary N) is 1. The van der Waals surface area contributed by atoms with Crippen molar-refractivity contribution in [1.82, 2.24) is 10.3 Å². The number of benzene rings is 2. The van der Waals surface area contributed by atoms with Gasteiger partial charge in [-0.1, -0.05) is 17.7 Å². The number of amides is 1. The van der Waals surface area contributed by atoms with Gasteiger partial charge in [-0.3, -0.25) is 4.79 Å². The minimum absolute atomic E-state index is 0.139. The normalized spacial score (nSPS) is 10.5. The van der Waals surface area contributed by atoms with Gasteiger partial charge >= 0.3 is 0 Å². The van der Waals surface area contributed by atoms with E-state index in [1.54, 1.807) is 19.2 Å². The molecule has 140 valence electrons. The molecule has 27 heavy (non-hydrogen) atoms. The van der Waals surface area contributed by atoms with Crippen molar-refractivity contribution in [1.29, 1.82) is 0 Å². The van der Waals surface area contributed by atoms with Crippen LogP contribution in [0.4, 0.5) is 5.82 Å². The van der Waals surface area contributed by atoms with Crippen molar-refractivity contribution < 1.29 is 18.9 Å². The third-order valence-corrected chi connectivity index (χ3v) is 4.06. The smallest absolute Gasteiger partial charge is 0.263 e. The van der Waals surface area contributed by atoms with E-state index >= 15 is 0 Å². The Hall–Kier alpha value is -3.35. The molecule has 0 saturated carbocycles. The van der Waals surface area contributed by atoms with Crippen molar-refractivity contribution in [2.75, 3.05) is 19.0 Å². The molecule has 1 heterocycles. The van der Waals surface area contributed by atoms with Crippen molar-refractivity contribution in [2.45, 2.75) is 20.8 Å². The van der Waals surface area contributed by atoms with Crippen LogP contribution in [0.3, 0.4) is 0 Å². The molecule has 7 heteroatoms. The summed E-state index contributed by atoms with van der Waals surface area (Å²) in [6.07, 6.45) is 0. The van der Waals surface area contributed by atoms with E-state index in [9.17, 15) is 4.79 Å². The zero-order chi connectivity index (χ0) is 19.4. The summed E-state index contributed by atoms with van der Waals surface area (Å²) in [4.78, 5) is 12.3. The maximum Gasteiger partial charge on any atom is 0.263 e. The van der Waals surface area contributed by atoms with Crippen molar-refractivity contribution >= 4 is 11.7 Å². The Labute approximate surface area is 157 Å². The average molecular weight is 367 g/mol. The molecule has 1 amide bonds. The number of aryl methyl sites for hydroxylation is 3. The first-order valence-corrected chi connectivity index (χ1v) is 8.45. The number of hydrogen-bond acceptors (Lipinski definition) is 6. The maximum absolute atomic E-state index is 12.3. The highest BCUT2D eigenvalue weighted by molar-refractivity contribution is 5.94. The molecule has 0 saturated heterocycles. The molecule has 3 rings (SSSR count). The van der Waals surface area contributed by atoms with Crippen LogP contribution in [0.25, 0.3) is 11.3 Å². The lowest BCUT2D eigenvalue weighted by molar-refractivity contribution is -0.118. The van der Waals surface area contributed by atoms with Gasteiger partial charge in [0.2, 0.25) is 5.82 Å². The zero-order valence-corrected chi connectivity index (χ0v) is 15.7. The third-order valence-electron chi connectivity index (χ3n) is 4.06. The van der Waals surface area contributed by atoms with Crippen LogP contribution in [0, 0.1) is 20.8 Å². The summed E-state index contributed by atoms with van der Waals surface area (Å²) in [6.45, 7) is 5.79. The van der Waals surface area contributed by atoms with Gasteiger partial charge < -0.3 is 14.8 Å². The molecule has 0 aliphatic heterocycles. The Morgan fingerprint density at radius 2 is 1.74 bits per heavy atom. The first-order valence-electron chi connectivity index (χ1n) is 8.45. The van der Waals surface area contributed by atoms with Crippen LogP contribution in [-0.2, 0) is 4.79 Å². The Morgan fingerprint density at radius 1 is 1.07 bits per heavy atom. The Balaban J connectivity index is 1.68. The lowest BCUT2D eigenvalue weighted by Crippen LogP contribution is -2.21. The molecule has 0 aliphatic rings. The number of carbonyl (C=O) groups excluding carboxylic acids is 1. The van der Waals surface area contributed by atoms with E-state index in [1.807, 2.05) is 45.0 Å². The summed E-state index contributed by atoms with van der Waals surface area (Å²) < 4.78 is 15.6. The SMILES string of the molecule is COc1ccc(-c2nonc2NC(=O)COc2c(C)cc(C)cc2C)cc1. The van der Waals surface area contributed by atoms with Crippen LogP contribution in [0.1, 0.15) is 16.7 Å². The molecular formula is C20H21N3O4. The van der Waals surface area contributed by atoms with Crippen LogP contribution >= 0.6 is 0 Å². The summed E-state index contributed by atoms with van der Waals surface area (Å²) in [7, 11) is 1.59. The highest BCUT2D eigenvalue weighted by Gasteiger charge is 2.16. The third kappa shape index (κ3) is 4.25. The first kappa shape index (κ1) is 18.4. The molecule has 2 aromatic carbocycles. The number of carbonyl (C=O) groups is 1. The summed E-state index contributed by atoms with van der Waals surface area (Å²) in [5.41, 5.74) is 4.32. The predicted octanol–water partition coefficient (Wildman–Crippen LogP) is 3.69. The topological polar surface area (TPSA) is 86.5 Å². The van der Waals surface area contributed by atoms with Crippen LogP contribution < -0.4 is 14.8 Å². The fourth-order valence-corrected chi connectivity index (χ4v) is 2.91. The van der Waals surface area contributed by atoms with Crippen LogP contribution in [0.15, 0.2) is 41.0 Å². The Bertz CT molecular complexity index is 925. The number of nitrogens with zero attached hydrogens (tertiary/aromatic N) is 2.